The number of benzene rings is 8. The predicted molar refractivity (Wildman–Crippen MR) is 421 cm³/mol. The van der Waals surface area contributed by atoms with Crippen LogP contribution in [0.25, 0.3) is 0 Å². The maximum atomic E-state index is 12.4. The molecule has 10 rings (SSSR count). The summed E-state index contributed by atoms with van der Waals surface area (Å²) >= 11 is 0. The van der Waals surface area contributed by atoms with Crippen LogP contribution in [-0.4, -0.2) is 128 Å². The van der Waals surface area contributed by atoms with Crippen LogP contribution in [0.4, 0.5) is 0 Å². The molecule has 27 nitrogen and oxygen atoms in total. The molecule has 2 heterocycles. The maximum absolute atomic E-state index is 12.4. The first-order chi connectivity index (χ1) is 52.1. The number of carboxylic acids is 1. The molecule has 0 unspecified atom stereocenters. The summed E-state index contributed by atoms with van der Waals surface area (Å²) in [5, 5.41) is 18.0. The van der Waals surface area contributed by atoms with Crippen LogP contribution in [0.1, 0.15) is 104 Å². The van der Waals surface area contributed by atoms with E-state index in [2.05, 4.69) is 45.4 Å². The number of rotatable bonds is 21. The molecular weight excluding hydrogens is 1540 g/mol. The van der Waals surface area contributed by atoms with E-state index in [4.69, 9.17) is 47.7 Å². The number of ether oxygens (including phenoxy) is 9. The fraction of sp³-hybridized carbons (Fsp3) is 0.210. The number of carboxylic acid groups (broad SMARTS) is 1. The quantitative estimate of drug-likeness (QED) is 0.0222. The van der Waals surface area contributed by atoms with Gasteiger partial charge in [0.05, 0.1) is 41.0 Å². The number of hydrogen-bond donors (Lipinski definition) is 2. The number of aromatic hydroxyl groups is 1. The van der Waals surface area contributed by atoms with Crippen LogP contribution in [0.15, 0.2) is 245 Å². The Hall–Kier alpha value is -12.1. The zero-order valence-corrected chi connectivity index (χ0v) is 63.6. The van der Waals surface area contributed by atoms with E-state index >= 15 is 0 Å². The molecule has 0 bridgehead atoms. The highest BCUT2D eigenvalue weighted by atomic mass is 35.7. The minimum Gasteiger partial charge on any atom is -0.508 e. The summed E-state index contributed by atoms with van der Waals surface area (Å²) in [5.74, 6) is -2.71. The van der Waals surface area contributed by atoms with Crippen molar-refractivity contribution < 1.29 is 125 Å². The van der Waals surface area contributed by atoms with E-state index in [1.165, 1.54) is 123 Å². The van der Waals surface area contributed by atoms with Crippen molar-refractivity contribution >= 4 is 87.7 Å². The average Bonchev–Trinajstić information content (AvgIpc) is 0.893. The van der Waals surface area contributed by atoms with Crippen molar-refractivity contribution in [1.29, 1.82) is 0 Å². The van der Waals surface area contributed by atoms with Gasteiger partial charge in [-0.1, -0.05) is 102 Å². The number of carbonyl (C=O) groups excluding carboxylic acids is 7. The van der Waals surface area contributed by atoms with E-state index in [0.717, 1.165) is 97.5 Å². The fourth-order valence-electron chi connectivity index (χ4n) is 7.85. The first-order valence-corrected chi connectivity index (χ1v) is 38.8. The largest absolute Gasteiger partial charge is 0.508 e. The van der Waals surface area contributed by atoms with Gasteiger partial charge in [-0.05, 0) is 195 Å². The second-order valence-corrected chi connectivity index (χ2v) is 28.4. The molecule has 8 aromatic carbocycles. The van der Waals surface area contributed by atoms with Gasteiger partial charge in [0.1, 0.15) is 59.2 Å². The normalized spacial score (nSPS) is 11.2. The van der Waals surface area contributed by atoms with Crippen LogP contribution in [0, 0.1) is 13.8 Å². The van der Waals surface area contributed by atoms with Crippen LogP contribution in [0.5, 0.6) is 46.0 Å². The number of carbonyl (C=O) groups is 8. The third-order valence-electron chi connectivity index (χ3n) is 13.0. The molecule has 2 fully saturated rings. The molecular formula is C81H89ClO27S3. The molecule has 8 aromatic rings. The van der Waals surface area contributed by atoms with Crippen molar-refractivity contribution in [3.63, 3.8) is 0 Å². The molecule has 0 aromatic heterocycles. The minimum absolute atomic E-state index is 0. The summed E-state index contributed by atoms with van der Waals surface area (Å²) in [6, 6.07) is 52.5. The summed E-state index contributed by atoms with van der Waals surface area (Å²) in [5.41, 5.74) is 4.34. The van der Waals surface area contributed by atoms with Gasteiger partial charge in [0.15, 0.2) is 0 Å². The molecule has 0 radical (unpaired) electrons. The smallest absolute Gasteiger partial charge is 0.353 e. The molecule has 31 heteroatoms. The van der Waals surface area contributed by atoms with Gasteiger partial charge in [-0.25, -0.2) is 46.8 Å². The van der Waals surface area contributed by atoms with Gasteiger partial charge in [-0.3, -0.25) is 0 Å². The Morgan fingerprint density at radius 3 is 0.938 bits per heavy atom. The molecule has 2 aliphatic rings. The monoisotopic (exact) mass is 1620 g/mol. The van der Waals surface area contributed by atoms with Crippen LogP contribution < -0.4 is 33.2 Å². The Kier molecular flexibility index (Phi) is 45.6. The van der Waals surface area contributed by atoms with Crippen LogP contribution >= 0.6 is 10.7 Å². The number of phenolic OH excluding ortho intramolecular Hbond substituents is 1. The molecule has 600 valence electrons. The van der Waals surface area contributed by atoms with E-state index in [0.29, 0.717) is 47.5 Å². The topological polar surface area (TPSA) is 381 Å². The van der Waals surface area contributed by atoms with Crippen LogP contribution in [0.3, 0.4) is 0 Å². The number of halogens is 1. The predicted octanol–water partition coefficient (Wildman–Crippen LogP) is 14.5. The SMILES string of the molecule is C.C.C1CCOC1.C1CCOC1.C=CC(=O)Oc1ccc(C(=O)O)cc1.C=CC(=O)Oc1ccc(C(=O)OS(C)(=O)=O)cc1.C=CC(=O)Oc1ccc(C(=O)OS(C)(=O)=O)cc1.C=CC(=O)Oc1ccc(C(=O)Oc2ccc(OCc3ccccc3)cc2C)cc1.CS(=O)(=O)Cl.Cc1cc(OCc2ccccc2)ccc1O. The zero-order chi connectivity index (χ0) is 81.7. The Bertz CT molecular complexity index is 4560. The van der Waals surface area contributed by atoms with Crippen molar-refractivity contribution in [3.05, 3.63) is 289 Å². The molecule has 0 amide bonds. The second-order valence-electron chi connectivity index (χ2n) is 22.2. The Labute approximate surface area is 656 Å². The lowest BCUT2D eigenvalue weighted by molar-refractivity contribution is -0.129. The van der Waals surface area contributed by atoms with Crippen molar-refractivity contribution in [2.24, 2.45) is 0 Å². The fourth-order valence-corrected chi connectivity index (χ4v) is 8.59. The lowest BCUT2D eigenvalue weighted by atomic mass is 10.2. The Morgan fingerprint density at radius 1 is 0.402 bits per heavy atom. The highest BCUT2D eigenvalue weighted by Gasteiger charge is 2.17. The van der Waals surface area contributed by atoms with Crippen LogP contribution in [-0.2, 0) is 79.5 Å². The van der Waals surface area contributed by atoms with Gasteiger partial charge in [0.2, 0.25) is 9.05 Å². The van der Waals surface area contributed by atoms with E-state index in [-0.39, 0.29) is 43.0 Å². The van der Waals surface area contributed by atoms with Gasteiger partial charge >= 0.3 is 68.0 Å². The van der Waals surface area contributed by atoms with Crippen molar-refractivity contribution in [2.75, 3.05) is 45.2 Å². The molecule has 112 heavy (non-hydrogen) atoms. The Balaban J connectivity index is 0.000000676. The molecule has 2 aliphatic heterocycles. The maximum Gasteiger partial charge on any atom is 0.353 e. The number of hydrogen-bond acceptors (Lipinski definition) is 26. The zero-order valence-electron chi connectivity index (χ0n) is 60.4. The molecule has 2 saturated heterocycles. The van der Waals surface area contributed by atoms with Gasteiger partial charge in [0.25, 0.3) is 0 Å². The van der Waals surface area contributed by atoms with Crippen LogP contribution in [0.2, 0.25) is 0 Å². The molecule has 0 atom stereocenters. The lowest BCUT2D eigenvalue weighted by Crippen LogP contribution is -2.11. The van der Waals surface area contributed by atoms with Gasteiger partial charge in [-0.2, -0.15) is 16.8 Å². The van der Waals surface area contributed by atoms with Gasteiger partial charge in [-0.15, -0.1) is 0 Å². The summed E-state index contributed by atoms with van der Waals surface area (Å²) < 4.78 is 116. The lowest BCUT2D eigenvalue weighted by Gasteiger charge is -2.11. The van der Waals surface area contributed by atoms with E-state index in [1.807, 2.05) is 86.6 Å². The highest BCUT2D eigenvalue weighted by molar-refractivity contribution is 8.13. The Morgan fingerprint density at radius 2 is 0.679 bits per heavy atom. The first kappa shape index (κ1) is 98.0. The average molecular weight is 1630 g/mol. The number of aryl methyl sites for hydroxylation is 2. The molecule has 0 saturated carbocycles. The number of aromatic carboxylic acids is 1. The number of esters is 5. The number of phenols is 1. The minimum atomic E-state index is -3.85. The summed E-state index contributed by atoms with van der Waals surface area (Å²) in [7, 11) is -6.40. The molecule has 2 N–H and O–H groups in total. The van der Waals surface area contributed by atoms with E-state index in [1.54, 1.807) is 24.3 Å². The summed E-state index contributed by atoms with van der Waals surface area (Å²) in [6.45, 7) is 21.7. The van der Waals surface area contributed by atoms with E-state index in [9.17, 15) is 68.7 Å². The molecule has 0 aliphatic carbocycles. The standard InChI is InChI=1S/C24H20O5.C14H14O2.2C11H10O6S.C10H8O4.2C4H8O.CH3ClO2S.2CH4/c1-3-23(25)28-20-11-9-19(10-12-20)24(26)29-22-14-13-21(15-17(22)2)27-16-18-7-5-4-6-8-18;1-11-9-13(7-8-14(11)15)16-10-12-5-3-2-4-6-12;2*1-3-10(12)16-9-6-4-8(5-7-9)11(13)17-18(2,14)15;1-2-9(11)14-8-5-3-7(4-6-8)10(12)13;2*1-2-4-5-3-1;1-5(2,3)4;;/h3-15H,1,16H2,2H3;2-9,15H,10H2,1H3;2*3-7H,1H2,2H3;2-6H,1H2,(H,12,13);2*1-4H2;1H3;2*1H4. The summed E-state index contributed by atoms with van der Waals surface area (Å²) in [4.78, 5) is 89.2. The third-order valence-corrected chi connectivity index (χ3v) is 13.9. The highest BCUT2D eigenvalue weighted by Crippen LogP contribution is 2.27. The van der Waals surface area contributed by atoms with Gasteiger partial charge in [0, 0.05) is 61.4 Å². The van der Waals surface area contributed by atoms with Gasteiger partial charge < -0.3 is 61.2 Å². The third kappa shape index (κ3) is 44.4. The second kappa shape index (κ2) is 52.1. The van der Waals surface area contributed by atoms with Crippen molar-refractivity contribution in [2.45, 2.75) is 67.6 Å². The first-order valence-electron chi connectivity index (χ1n) is 32.5. The summed E-state index contributed by atoms with van der Waals surface area (Å²) in [6.07, 6.45) is 11.7. The van der Waals surface area contributed by atoms with Crippen molar-refractivity contribution in [1.82, 2.24) is 0 Å². The van der Waals surface area contributed by atoms with Crippen molar-refractivity contribution in [3.8, 4) is 46.0 Å². The molecule has 0 spiro atoms. The van der Waals surface area contributed by atoms with E-state index < -0.39 is 77.0 Å².